The molecule has 2 N–H and O–H groups in total. The lowest BCUT2D eigenvalue weighted by Gasteiger charge is -2.22. The zero-order chi connectivity index (χ0) is 13.2. The maximum absolute atomic E-state index is 6.10. The van der Waals surface area contributed by atoms with Crippen LogP contribution >= 0.6 is 0 Å². The summed E-state index contributed by atoms with van der Waals surface area (Å²) in [6.45, 7) is 3.97. The molecular weight excluding hydrogens is 226 g/mol. The van der Waals surface area contributed by atoms with E-state index in [-0.39, 0.29) is 5.54 Å². The molecule has 2 rings (SSSR count). The van der Waals surface area contributed by atoms with Gasteiger partial charge in [0.15, 0.2) is 11.5 Å². The Morgan fingerprint density at radius 3 is 2.39 bits per heavy atom. The Bertz CT molecular complexity index is 403. The molecule has 1 fully saturated rings. The zero-order valence-corrected chi connectivity index (χ0v) is 11.5. The second-order valence-electron chi connectivity index (χ2n) is 5.61. The van der Waals surface area contributed by atoms with Crippen molar-refractivity contribution >= 4 is 0 Å². The molecule has 100 valence electrons. The minimum absolute atomic E-state index is 0.343. The highest BCUT2D eigenvalue weighted by atomic mass is 16.5. The fraction of sp³-hybridized carbons (Fsp3) is 0.600. The van der Waals surface area contributed by atoms with E-state index in [9.17, 15) is 0 Å². The van der Waals surface area contributed by atoms with Crippen LogP contribution in [0.2, 0.25) is 0 Å². The largest absolute Gasteiger partial charge is 0.493 e. The van der Waals surface area contributed by atoms with Crippen molar-refractivity contribution in [3.05, 3.63) is 23.8 Å². The molecule has 0 aliphatic heterocycles. The van der Waals surface area contributed by atoms with E-state index in [1.54, 1.807) is 7.11 Å². The molecule has 0 heterocycles. The fourth-order valence-corrected chi connectivity index (χ4v) is 2.35. The Morgan fingerprint density at radius 2 is 1.83 bits per heavy atom. The smallest absolute Gasteiger partial charge is 0.161 e. The topological polar surface area (TPSA) is 44.5 Å². The Kier molecular flexibility index (Phi) is 3.81. The zero-order valence-electron chi connectivity index (χ0n) is 11.5. The molecule has 1 aromatic carbocycles. The number of hydrogen-bond acceptors (Lipinski definition) is 3. The first-order valence-corrected chi connectivity index (χ1v) is 6.65. The summed E-state index contributed by atoms with van der Waals surface area (Å²) in [5, 5.41) is 0. The van der Waals surface area contributed by atoms with Gasteiger partial charge in [-0.3, -0.25) is 0 Å². The standard InChI is InChI=1S/C15H23NO2/c1-15(2,16)11-8-9-13(14(10-11)17-3)18-12-6-4-5-7-12/h8-10,12H,4-7,16H2,1-3H3. The van der Waals surface area contributed by atoms with Crippen molar-refractivity contribution in [1.29, 1.82) is 0 Å². The summed E-state index contributed by atoms with van der Waals surface area (Å²) in [6, 6.07) is 5.97. The monoisotopic (exact) mass is 249 g/mol. The molecule has 18 heavy (non-hydrogen) atoms. The van der Waals surface area contributed by atoms with Gasteiger partial charge in [0.1, 0.15) is 0 Å². The number of benzene rings is 1. The van der Waals surface area contributed by atoms with Crippen molar-refractivity contribution in [3.8, 4) is 11.5 Å². The summed E-state index contributed by atoms with van der Waals surface area (Å²) < 4.78 is 11.4. The SMILES string of the molecule is COc1cc(C(C)(C)N)ccc1OC1CCCC1. The van der Waals surface area contributed by atoms with Crippen molar-refractivity contribution in [2.24, 2.45) is 5.73 Å². The molecule has 3 nitrogen and oxygen atoms in total. The Labute approximate surface area is 109 Å². The molecule has 0 atom stereocenters. The van der Waals surface area contributed by atoms with E-state index in [2.05, 4.69) is 0 Å². The van der Waals surface area contributed by atoms with Crippen LogP contribution in [0.3, 0.4) is 0 Å². The summed E-state index contributed by atoms with van der Waals surface area (Å²) in [6.07, 6.45) is 5.16. The minimum atomic E-state index is -0.362. The molecule has 0 radical (unpaired) electrons. The average Bonchev–Trinajstić information content (AvgIpc) is 2.81. The van der Waals surface area contributed by atoms with Gasteiger partial charge in [-0.1, -0.05) is 6.07 Å². The van der Waals surface area contributed by atoms with Crippen LogP contribution in [-0.2, 0) is 5.54 Å². The van der Waals surface area contributed by atoms with Gasteiger partial charge in [-0.25, -0.2) is 0 Å². The minimum Gasteiger partial charge on any atom is -0.493 e. The molecule has 0 amide bonds. The molecule has 0 bridgehead atoms. The first kappa shape index (κ1) is 13.2. The van der Waals surface area contributed by atoms with Gasteiger partial charge >= 0.3 is 0 Å². The van der Waals surface area contributed by atoms with Crippen LogP contribution in [0.5, 0.6) is 11.5 Å². The van der Waals surface area contributed by atoms with Crippen molar-refractivity contribution in [3.63, 3.8) is 0 Å². The molecule has 0 saturated heterocycles. The maximum atomic E-state index is 6.10. The molecule has 0 aromatic heterocycles. The van der Waals surface area contributed by atoms with Crippen molar-refractivity contribution in [2.45, 2.75) is 51.2 Å². The molecule has 0 spiro atoms. The molecule has 1 aliphatic carbocycles. The molecule has 1 aromatic rings. The molecule has 0 unspecified atom stereocenters. The van der Waals surface area contributed by atoms with E-state index in [0.717, 1.165) is 29.9 Å². The van der Waals surface area contributed by atoms with E-state index in [1.165, 1.54) is 12.8 Å². The van der Waals surface area contributed by atoms with Crippen LogP contribution in [0.25, 0.3) is 0 Å². The van der Waals surface area contributed by atoms with Gasteiger partial charge in [0, 0.05) is 5.54 Å². The Balaban J connectivity index is 2.20. The molecular formula is C15H23NO2. The van der Waals surface area contributed by atoms with Gasteiger partial charge in [-0.15, -0.1) is 0 Å². The van der Waals surface area contributed by atoms with Crippen molar-refractivity contribution in [2.75, 3.05) is 7.11 Å². The fourth-order valence-electron chi connectivity index (χ4n) is 2.35. The third-order valence-electron chi connectivity index (χ3n) is 3.50. The van der Waals surface area contributed by atoms with E-state index in [1.807, 2.05) is 32.0 Å². The Morgan fingerprint density at radius 1 is 1.17 bits per heavy atom. The second kappa shape index (κ2) is 5.19. The summed E-state index contributed by atoms with van der Waals surface area (Å²) >= 11 is 0. The third kappa shape index (κ3) is 2.96. The average molecular weight is 249 g/mol. The van der Waals surface area contributed by atoms with Gasteiger partial charge in [0.05, 0.1) is 13.2 Å². The lowest BCUT2D eigenvalue weighted by Crippen LogP contribution is -2.28. The summed E-state index contributed by atoms with van der Waals surface area (Å²) in [5.41, 5.74) is 6.79. The molecule has 1 aliphatic rings. The quantitative estimate of drug-likeness (QED) is 0.891. The predicted molar refractivity (Wildman–Crippen MR) is 73.1 cm³/mol. The van der Waals surface area contributed by atoms with E-state index in [4.69, 9.17) is 15.2 Å². The lowest BCUT2D eigenvalue weighted by atomic mass is 9.95. The number of rotatable bonds is 4. The number of hydrogen-bond donors (Lipinski definition) is 1. The highest BCUT2D eigenvalue weighted by Gasteiger charge is 2.20. The van der Waals surface area contributed by atoms with Crippen LogP contribution in [0.1, 0.15) is 45.1 Å². The van der Waals surface area contributed by atoms with Crippen LogP contribution in [0, 0.1) is 0 Å². The normalized spacial score (nSPS) is 16.9. The third-order valence-corrected chi connectivity index (χ3v) is 3.50. The number of methoxy groups -OCH3 is 1. The van der Waals surface area contributed by atoms with E-state index >= 15 is 0 Å². The van der Waals surface area contributed by atoms with Gasteiger partial charge < -0.3 is 15.2 Å². The number of ether oxygens (including phenoxy) is 2. The predicted octanol–water partition coefficient (Wildman–Crippen LogP) is 3.21. The summed E-state index contributed by atoms with van der Waals surface area (Å²) in [5.74, 6) is 1.61. The lowest BCUT2D eigenvalue weighted by molar-refractivity contribution is 0.200. The molecule has 3 heteroatoms. The van der Waals surface area contributed by atoms with E-state index < -0.39 is 0 Å². The van der Waals surface area contributed by atoms with Crippen LogP contribution in [0.4, 0.5) is 0 Å². The number of nitrogens with two attached hydrogens (primary N) is 1. The van der Waals surface area contributed by atoms with Gasteiger partial charge in [0.25, 0.3) is 0 Å². The highest BCUT2D eigenvalue weighted by molar-refractivity contribution is 5.44. The highest BCUT2D eigenvalue weighted by Crippen LogP contribution is 2.34. The molecule has 1 saturated carbocycles. The summed E-state index contributed by atoms with van der Waals surface area (Å²) in [7, 11) is 1.67. The van der Waals surface area contributed by atoms with Crippen LogP contribution in [0.15, 0.2) is 18.2 Å². The van der Waals surface area contributed by atoms with Gasteiger partial charge in [-0.05, 0) is 57.2 Å². The maximum Gasteiger partial charge on any atom is 0.161 e. The van der Waals surface area contributed by atoms with Crippen molar-refractivity contribution in [1.82, 2.24) is 0 Å². The van der Waals surface area contributed by atoms with Gasteiger partial charge in [-0.2, -0.15) is 0 Å². The Hall–Kier alpha value is -1.22. The first-order valence-electron chi connectivity index (χ1n) is 6.65. The van der Waals surface area contributed by atoms with E-state index in [0.29, 0.717) is 6.10 Å². The second-order valence-corrected chi connectivity index (χ2v) is 5.61. The van der Waals surface area contributed by atoms with Crippen LogP contribution in [-0.4, -0.2) is 13.2 Å². The first-order chi connectivity index (χ1) is 8.50. The van der Waals surface area contributed by atoms with Crippen LogP contribution < -0.4 is 15.2 Å². The van der Waals surface area contributed by atoms with Gasteiger partial charge in [0.2, 0.25) is 0 Å². The van der Waals surface area contributed by atoms with Crippen molar-refractivity contribution < 1.29 is 9.47 Å². The summed E-state index contributed by atoms with van der Waals surface area (Å²) in [4.78, 5) is 0.